The molecule has 156 valence electrons. The van der Waals surface area contributed by atoms with Crippen LogP contribution in [0.25, 0.3) is 5.69 Å². The van der Waals surface area contributed by atoms with Crippen LogP contribution in [-0.2, 0) is 6.18 Å². The number of aryl methyl sites for hydroxylation is 1. The number of nitrogens with zero attached hydrogens (tertiary/aromatic N) is 4. The number of rotatable bonds is 4. The lowest BCUT2D eigenvalue weighted by Gasteiger charge is -2.12. The van der Waals surface area contributed by atoms with E-state index in [1.54, 1.807) is 6.92 Å². The number of benzene rings is 1. The zero-order valence-electron chi connectivity index (χ0n) is 15.5. The minimum atomic E-state index is -4.74. The molecule has 1 aliphatic rings. The van der Waals surface area contributed by atoms with E-state index in [1.165, 1.54) is 12.5 Å². The molecule has 1 aliphatic carbocycles. The Morgan fingerprint density at radius 2 is 1.83 bits per heavy atom. The number of carbonyl (C=O) groups is 1. The monoisotopic (exact) mass is 423 g/mol. The first-order valence-corrected chi connectivity index (χ1v) is 8.89. The number of carbonyl (C=O) groups excluding carboxylic acids is 1. The van der Waals surface area contributed by atoms with Gasteiger partial charge in [-0.25, -0.2) is 23.4 Å². The van der Waals surface area contributed by atoms with Gasteiger partial charge in [-0.1, -0.05) is 0 Å². The van der Waals surface area contributed by atoms with Crippen LogP contribution in [0.3, 0.4) is 0 Å². The fourth-order valence-electron chi connectivity index (χ4n) is 3.04. The summed E-state index contributed by atoms with van der Waals surface area (Å²) >= 11 is 0. The number of hydrogen-bond acceptors (Lipinski definition) is 4. The molecule has 0 atom stereocenters. The maximum atomic E-state index is 14.7. The van der Waals surface area contributed by atoms with Gasteiger partial charge in [-0.05, 0) is 38.0 Å². The van der Waals surface area contributed by atoms with Crippen molar-refractivity contribution in [2.45, 2.75) is 31.9 Å². The van der Waals surface area contributed by atoms with Crippen LogP contribution in [0.15, 0.2) is 30.7 Å². The molecule has 11 heteroatoms. The third-order valence-electron chi connectivity index (χ3n) is 4.67. The summed E-state index contributed by atoms with van der Waals surface area (Å²) in [5, 5.41) is 5.72. The van der Waals surface area contributed by atoms with Crippen molar-refractivity contribution in [1.82, 2.24) is 19.7 Å². The van der Waals surface area contributed by atoms with Crippen molar-refractivity contribution in [3.8, 4) is 5.69 Å². The van der Waals surface area contributed by atoms with Crippen LogP contribution in [0.5, 0.6) is 0 Å². The van der Waals surface area contributed by atoms with Crippen molar-refractivity contribution < 1.29 is 26.7 Å². The molecule has 4 rings (SSSR count). The second kappa shape index (κ2) is 7.15. The van der Waals surface area contributed by atoms with E-state index in [1.807, 2.05) is 0 Å². The minimum Gasteiger partial charge on any atom is -0.322 e. The summed E-state index contributed by atoms with van der Waals surface area (Å²) in [4.78, 5) is 19.9. The predicted molar refractivity (Wildman–Crippen MR) is 95.2 cm³/mol. The van der Waals surface area contributed by atoms with Crippen LogP contribution in [0.4, 0.5) is 27.6 Å². The molecular formula is C19H14F5N5O. The summed E-state index contributed by atoms with van der Waals surface area (Å²) in [5.41, 5.74) is -1.59. The number of halogens is 5. The summed E-state index contributed by atoms with van der Waals surface area (Å²) in [7, 11) is 0. The number of anilines is 1. The van der Waals surface area contributed by atoms with Gasteiger partial charge >= 0.3 is 6.18 Å². The maximum Gasteiger partial charge on any atom is 0.435 e. The molecule has 0 unspecified atom stereocenters. The van der Waals surface area contributed by atoms with E-state index in [0.717, 1.165) is 18.2 Å². The Hall–Kier alpha value is -3.37. The van der Waals surface area contributed by atoms with Gasteiger partial charge in [0.05, 0.1) is 11.3 Å². The van der Waals surface area contributed by atoms with Gasteiger partial charge in [-0.15, -0.1) is 0 Å². The lowest BCUT2D eigenvalue weighted by atomic mass is 10.2. The van der Waals surface area contributed by atoms with Crippen molar-refractivity contribution in [1.29, 1.82) is 0 Å². The highest BCUT2D eigenvalue weighted by Gasteiger charge is 2.39. The van der Waals surface area contributed by atoms with Crippen LogP contribution in [0.2, 0.25) is 0 Å². The quantitative estimate of drug-likeness (QED) is 0.632. The van der Waals surface area contributed by atoms with Gasteiger partial charge < -0.3 is 5.32 Å². The van der Waals surface area contributed by atoms with Gasteiger partial charge in [0, 0.05) is 23.5 Å². The van der Waals surface area contributed by atoms with Crippen molar-refractivity contribution >= 4 is 11.6 Å². The van der Waals surface area contributed by atoms with E-state index in [2.05, 4.69) is 20.4 Å². The van der Waals surface area contributed by atoms with Crippen molar-refractivity contribution in [3.05, 3.63) is 65.0 Å². The number of aromatic nitrogens is 4. The van der Waals surface area contributed by atoms with Crippen molar-refractivity contribution in [2.24, 2.45) is 0 Å². The van der Waals surface area contributed by atoms with Crippen LogP contribution in [-0.4, -0.2) is 25.7 Å². The standard InChI is InChI=1S/C19H14F5N5O/c1-9-12(7-25-8-26-9)18(30)27-11-4-13(20)17(14(21)5-11)29-15(10-2-3-10)6-16(28-29)19(22,23)24/h4-8,10H,2-3H2,1H3,(H,27,30). The SMILES string of the molecule is Cc1ncncc1C(=O)Nc1cc(F)c(-n2nc(C(F)(F)F)cc2C2CC2)c(F)c1. The second-order valence-electron chi connectivity index (χ2n) is 6.90. The van der Waals surface area contributed by atoms with Crippen LogP contribution < -0.4 is 5.32 Å². The summed E-state index contributed by atoms with van der Waals surface area (Å²) < 4.78 is 69.3. The first kappa shape index (κ1) is 19.9. The second-order valence-corrected chi connectivity index (χ2v) is 6.90. The highest BCUT2D eigenvalue weighted by atomic mass is 19.4. The fourth-order valence-corrected chi connectivity index (χ4v) is 3.04. The molecule has 6 nitrogen and oxygen atoms in total. The minimum absolute atomic E-state index is 0.0916. The van der Waals surface area contributed by atoms with Crippen molar-refractivity contribution in [3.63, 3.8) is 0 Å². The van der Waals surface area contributed by atoms with Gasteiger partial charge in [-0.3, -0.25) is 4.79 Å². The molecule has 30 heavy (non-hydrogen) atoms. The Morgan fingerprint density at radius 3 is 2.40 bits per heavy atom. The van der Waals surface area contributed by atoms with E-state index in [-0.39, 0.29) is 22.9 Å². The van der Waals surface area contributed by atoms with E-state index in [9.17, 15) is 26.7 Å². The lowest BCUT2D eigenvalue weighted by Crippen LogP contribution is -2.16. The van der Waals surface area contributed by atoms with Gasteiger partial charge in [0.1, 0.15) is 12.0 Å². The molecule has 1 amide bonds. The Kier molecular flexibility index (Phi) is 4.75. The Morgan fingerprint density at radius 1 is 1.17 bits per heavy atom. The summed E-state index contributed by atoms with van der Waals surface area (Å²) in [5.74, 6) is -3.25. The molecule has 3 aromatic rings. The van der Waals surface area contributed by atoms with E-state index in [0.29, 0.717) is 23.2 Å². The highest BCUT2D eigenvalue weighted by Crippen LogP contribution is 2.43. The Balaban J connectivity index is 1.70. The van der Waals surface area contributed by atoms with Gasteiger partial charge in [0.15, 0.2) is 17.3 Å². The summed E-state index contributed by atoms with van der Waals surface area (Å²) in [6, 6.07) is 2.45. The molecule has 2 aromatic heterocycles. The summed E-state index contributed by atoms with van der Waals surface area (Å²) in [6.07, 6.45) is -1.02. The first-order chi connectivity index (χ1) is 14.1. The smallest absolute Gasteiger partial charge is 0.322 e. The molecule has 1 saturated carbocycles. The molecule has 1 N–H and O–H groups in total. The molecule has 0 radical (unpaired) electrons. The molecule has 0 aliphatic heterocycles. The van der Waals surface area contributed by atoms with Crippen LogP contribution >= 0.6 is 0 Å². The van der Waals surface area contributed by atoms with Gasteiger partial charge in [-0.2, -0.15) is 18.3 Å². The number of hydrogen-bond donors (Lipinski definition) is 1. The number of alkyl halides is 3. The molecule has 0 spiro atoms. The zero-order valence-corrected chi connectivity index (χ0v) is 15.5. The largest absolute Gasteiger partial charge is 0.435 e. The van der Waals surface area contributed by atoms with E-state index < -0.39 is 35.1 Å². The van der Waals surface area contributed by atoms with Gasteiger partial charge in [0.2, 0.25) is 0 Å². The third-order valence-corrected chi connectivity index (χ3v) is 4.67. The molecule has 2 heterocycles. The maximum absolute atomic E-state index is 14.7. The molecule has 1 aromatic carbocycles. The number of nitrogens with one attached hydrogen (secondary N) is 1. The first-order valence-electron chi connectivity index (χ1n) is 8.89. The summed E-state index contributed by atoms with van der Waals surface area (Å²) in [6.45, 7) is 1.57. The topological polar surface area (TPSA) is 72.7 Å². The van der Waals surface area contributed by atoms with Crippen LogP contribution in [0, 0.1) is 18.6 Å². The molecule has 0 saturated heterocycles. The molecule has 0 bridgehead atoms. The third kappa shape index (κ3) is 3.74. The fraction of sp³-hybridized carbons (Fsp3) is 0.263. The predicted octanol–water partition coefficient (Wildman–Crippen LogP) is 4.40. The van der Waals surface area contributed by atoms with Crippen molar-refractivity contribution in [2.75, 3.05) is 5.32 Å². The van der Waals surface area contributed by atoms with Gasteiger partial charge in [0.25, 0.3) is 5.91 Å². The molecular weight excluding hydrogens is 409 g/mol. The zero-order chi connectivity index (χ0) is 21.6. The Bertz CT molecular complexity index is 1110. The van der Waals surface area contributed by atoms with E-state index >= 15 is 0 Å². The Labute approximate surface area is 166 Å². The highest BCUT2D eigenvalue weighted by molar-refractivity contribution is 6.04. The number of amides is 1. The molecule has 1 fully saturated rings. The van der Waals surface area contributed by atoms with Crippen LogP contribution in [0.1, 0.15) is 46.2 Å². The average molecular weight is 423 g/mol. The van der Waals surface area contributed by atoms with E-state index in [4.69, 9.17) is 0 Å². The lowest BCUT2D eigenvalue weighted by molar-refractivity contribution is -0.141. The normalized spacial score (nSPS) is 14.1. The average Bonchev–Trinajstić information content (AvgIpc) is 3.40.